The molecule has 0 spiro atoms. The fraction of sp³-hybridized carbons (Fsp3) is 0.800. The third-order valence-electron chi connectivity index (χ3n) is 4.69. The molecule has 0 aromatic rings. The number of sulfone groups is 1. The van der Waals surface area contributed by atoms with E-state index in [-0.39, 0.29) is 5.88 Å². The van der Waals surface area contributed by atoms with Crippen LogP contribution in [0.4, 0.5) is 13.2 Å². The summed E-state index contributed by atoms with van der Waals surface area (Å²) in [5.74, 6) is -1.68. The lowest BCUT2D eigenvalue weighted by molar-refractivity contribution is -0.137. The Labute approximate surface area is 150 Å². The molecule has 11 heteroatoms. The van der Waals surface area contributed by atoms with Crippen LogP contribution in [0.25, 0.3) is 0 Å². The number of hydrogen-bond acceptors (Lipinski definition) is 6. The quantitative estimate of drug-likeness (QED) is 0.668. The Kier molecular flexibility index (Phi) is 5.39. The number of likely N-dealkylation sites (N-methyl/N-ethyl adjacent to an activating group) is 1. The van der Waals surface area contributed by atoms with Gasteiger partial charge in [0.25, 0.3) is 0 Å². The van der Waals surface area contributed by atoms with Crippen LogP contribution < -0.4 is 5.32 Å². The van der Waals surface area contributed by atoms with Gasteiger partial charge in [0.05, 0.1) is 17.4 Å². The van der Waals surface area contributed by atoms with E-state index in [1.54, 1.807) is 7.05 Å². The Morgan fingerprint density at radius 2 is 2.00 bits per heavy atom. The summed E-state index contributed by atoms with van der Waals surface area (Å²) >= 11 is 0. The Bertz CT molecular complexity index is 699. The summed E-state index contributed by atoms with van der Waals surface area (Å²) in [5, 5.41) is 13.8. The van der Waals surface area contributed by atoms with E-state index >= 15 is 0 Å². The van der Waals surface area contributed by atoms with Crippen LogP contribution in [0.15, 0.2) is 12.0 Å². The Balaban J connectivity index is 2.01. The fourth-order valence-electron chi connectivity index (χ4n) is 2.59. The first kappa shape index (κ1) is 21.0. The molecule has 1 saturated carbocycles. The first-order valence-electron chi connectivity index (χ1n) is 8.13. The van der Waals surface area contributed by atoms with Gasteiger partial charge in [-0.25, -0.2) is 8.42 Å². The lowest BCUT2D eigenvalue weighted by Crippen LogP contribution is -2.48. The summed E-state index contributed by atoms with van der Waals surface area (Å²) in [6.45, 7) is 2.27. The van der Waals surface area contributed by atoms with Crippen molar-refractivity contribution in [3.8, 4) is 0 Å². The minimum absolute atomic E-state index is 0.0126. The number of rotatable bonds is 7. The zero-order valence-corrected chi connectivity index (χ0v) is 15.6. The average molecular weight is 400 g/mol. The summed E-state index contributed by atoms with van der Waals surface area (Å²) in [6.07, 6.45) is -3.64. The van der Waals surface area contributed by atoms with Crippen molar-refractivity contribution in [3.05, 3.63) is 12.0 Å². The van der Waals surface area contributed by atoms with E-state index in [0.717, 1.165) is 13.8 Å². The van der Waals surface area contributed by atoms with Gasteiger partial charge in [0.1, 0.15) is 4.75 Å². The standard InChI is InChI=1S/C15H23F3N2O5S/c1-13(2,26(23,24)8-4-5-15(16,17)18)12(21)19-11-9-10(20(3)25-11)14(22)6-7-14/h9-10,22H,4-8H2,1-3H3,(H,19,21). The maximum atomic E-state index is 12.4. The van der Waals surface area contributed by atoms with Crippen molar-refractivity contribution in [1.82, 2.24) is 10.4 Å². The van der Waals surface area contributed by atoms with Gasteiger partial charge >= 0.3 is 6.18 Å². The molecule has 150 valence electrons. The second kappa shape index (κ2) is 6.68. The number of nitrogens with one attached hydrogen (secondary N) is 1. The van der Waals surface area contributed by atoms with Gasteiger partial charge in [0, 0.05) is 19.5 Å². The zero-order valence-electron chi connectivity index (χ0n) is 14.8. The van der Waals surface area contributed by atoms with Gasteiger partial charge < -0.3 is 9.94 Å². The van der Waals surface area contributed by atoms with Crippen LogP contribution in [0.1, 0.15) is 39.5 Å². The minimum atomic E-state index is -4.45. The molecule has 2 aliphatic rings. The monoisotopic (exact) mass is 400 g/mol. The number of hydrogen-bond donors (Lipinski definition) is 2. The average Bonchev–Trinajstić information content (AvgIpc) is 3.09. The maximum Gasteiger partial charge on any atom is 0.389 e. The molecule has 1 fully saturated rings. The number of carbonyl (C=O) groups excluding carboxylic acids is 1. The van der Waals surface area contributed by atoms with E-state index in [1.807, 2.05) is 0 Å². The van der Waals surface area contributed by atoms with E-state index in [2.05, 4.69) is 5.32 Å². The normalized spacial score (nSPS) is 23.3. The third kappa shape index (κ3) is 4.49. The molecule has 7 nitrogen and oxygen atoms in total. The Morgan fingerprint density at radius 1 is 1.42 bits per heavy atom. The van der Waals surface area contributed by atoms with Crippen molar-refractivity contribution in [2.24, 2.45) is 0 Å². The summed E-state index contributed by atoms with van der Waals surface area (Å²) in [5.41, 5.74) is -0.930. The molecule has 1 aliphatic carbocycles. The van der Waals surface area contributed by atoms with Crippen LogP contribution >= 0.6 is 0 Å². The fourth-order valence-corrected chi connectivity index (χ4v) is 3.96. The lowest BCUT2D eigenvalue weighted by atomic mass is 10.1. The predicted octanol–water partition coefficient (Wildman–Crippen LogP) is 1.25. The highest BCUT2D eigenvalue weighted by atomic mass is 32.2. The molecule has 26 heavy (non-hydrogen) atoms. The van der Waals surface area contributed by atoms with Gasteiger partial charge in [-0.05, 0) is 33.1 Å². The number of alkyl halides is 3. The van der Waals surface area contributed by atoms with Crippen LogP contribution in [0.5, 0.6) is 0 Å². The highest BCUT2D eigenvalue weighted by Crippen LogP contribution is 2.43. The molecule has 0 aromatic carbocycles. The van der Waals surface area contributed by atoms with Gasteiger partial charge in [0.15, 0.2) is 9.84 Å². The van der Waals surface area contributed by atoms with Crippen LogP contribution in [0, 0.1) is 0 Å². The molecule has 1 heterocycles. The second-order valence-corrected chi connectivity index (χ2v) is 9.88. The van der Waals surface area contributed by atoms with E-state index in [1.165, 1.54) is 11.1 Å². The topological polar surface area (TPSA) is 95.9 Å². The second-order valence-electron chi connectivity index (χ2n) is 7.22. The highest BCUT2D eigenvalue weighted by Gasteiger charge is 2.52. The van der Waals surface area contributed by atoms with Crippen LogP contribution in [0.2, 0.25) is 0 Å². The van der Waals surface area contributed by atoms with Crippen LogP contribution in [-0.4, -0.2) is 59.9 Å². The van der Waals surface area contributed by atoms with Crippen molar-refractivity contribution in [3.63, 3.8) is 0 Å². The molecule has 0 bridgehead atoms. The number of hydroxylamine groups is 2. The van der Waals surface area contributed by atoms with E-state index < -0.39 is 56.9 Å². The number of halogens is 3. The number of carbonyl (C=O) groups is 1. The maximum absolute atomic E-state index is 12.4. The van der Waals surface area contributed by atoms with Crippen LogP contribution in [0.3, 0.4) is 0 Å². The lowest BCUT2D eigenvalue weighted by Gasteiger charge is -2.24. The van der Waals surface area contributed by atoms with Crippen molar-refractivity contribution >= 4 is 15.7 Å². The molecular formula is C15H23F3N2O5S. The van der Waals surface area contributed by atoms with E-state index in [9.17, 15) is 31.5 Å². The predicted molar refractivity (Wildman–Crippen MR) is 86.2 cm³/mol. The van der Waals surface area contributed by atoms with Gasteiger partial charge in [0.2, 0.25) is 11.8 Å². The van der Waals surface area contributed by atoms with Gasteiger partial charge in [-0.3, -0.25) is 10.1 Å². The first-order valence-corrected chi connectivity index (χ1v) is 9.79. The summed E-state index contributed by atoms with van der Waals surface area (Å²) in [7, 11) is -2.56. The molecule has 1 aliphatic heterocycles. The molecule has 1 amide bonds. The minimum Gasteiger partial charge on any atom is -0.388 e. The van der Waals surface area contributed by atoms with E-state index in [0.29, 0.717) is 12.8 Å². The smallest absolute Gasteiger partial charge is 0.388 e. The molecule has 2 N–H and O–H groups in total. The van der Waals surface area contributed by atoms with Crippen molar-refractivity contribution in [1.29, 1.82) is 0 Å². The van der Waals surface area contributed by atoms with Gasteiger partial charge in [-0.2, -0.15) is 13.2 Å². The molecule has 2 rings (SSSR count). The molecule has 0 aromatic heterocycles. The van der Waals surface area contributed by atoms with Crippen molar-refractivity contribution in [2.75, 3.05) is 12.8 Å². The zero-order chi connectivity index (χ0) is 20.0. The largest absolute Gasteiger partial charge is 0.389 e. The number of nitrogens with zero attached hydrogens (tertiary/aromatic N) is 1. The summed E-state index contributed by atoms with van der Waals surface area (Å²) < 4.78 is 59.3. The summed E-state index contributed by atoms with van der Waals surface area (Å²) in [4.78, 5) is 17.7. The van der Waals surface area contributed by atoms with Crippen LogP contribution in [-0.2, 0) is 19.5 Å². The molecule has 1 atom stereocenters. The summed E-state index contributed by atoms with van der Waals surface area (Å²) in [6, 6.07) is -0.468. The Hall–Kier alpha value is -1.33. The van der Waals surface area contributed by atoms with Gasteiger partial charge in [-0.1, -0.05) is 0 Å². The molecule has 1 unspecified atom stereocenters. The molecular weight excluding hydrogens is 377 g/mol. The third-order valence-corrected chi connectivity index (χ3v) is 7.26. The SMILES string of the molecule is CN1OC(NC(=O)C(C)(C)S(=O)(=O)CCCC(F)(F)F)=CC1C1(O)CC1. The highest BCUT2D eigenvalue weighted by molar-refractivity contribution is 7.93. The number of amides is 1. The molecule has 0 saturated heterocycles. The molecule has 0 radical (unpaired) electrons. The van der Waals surface area contributed by atoms with Crippen molar-refractivity contribution < 1.29 is 36.3 Å². The van der Waals surface area contributed by atoms with Gasteiger partial charge in [-0.15, -0.1) is 5.06 Å². The number of aliphatic hydroxyl groups is 1. The first-order chi connectivity index (χ1) is 11.7. The van der Waals surface area contributed by atoms with E-state index in [4.69, 9.17) is 4.84 Å². The van der Waals surface area contributed by atoms with Crippen molar-refractivity contribution in [2.45, 2.75) is 62.1 Å². The Morgan fingerprint density at radius 3 is 2.50 bits per heavy atom.